The maximum atomic E-state index is 5.24. The van der Waals surface area contributed by atoms with Crippen LogP contribution in [-0.2, 0) is 0 Å². The Bertz CT molecular complexity index is 2380. The predicted molar refractivity (Wildman–Crippen MR) is 183 cm³/mol. The molecule has 0 aliphatic heterocycles. The fourth-order valence-electron chi connectivity index (χ4n) is 6.32. The van der Waals surface area contributed by atoms with Gasteiger partial charge in [0.25, 0.3) is 0 Å². The largest absolute Gasteiger partial charge is 0.308 e. The number of para-hydroxylation sites is 2. The molecule has 0 aliphatic rings. The molecule has 0 bridgehead atoms. The summed E-state index contributed by atoms with van der Waals surface area (Å²) in [6.45, 7) is 0. The number of fused-ring (bicyclic) bond motifs is 6. The second kappa shape index (κ2) is 9.97. The molecule has 0 saturated heterocycles. The minimum atomic E-state index is 0.652. The lowest BCUT2D eigenvalue weighted by Crippen LogP contribution is -2.04. The van der Waals surface area contributed by atoms with Crippen LogP contribution in [0.25, 0.3) is 81.8 Å². The molecular formula is C39H24N4S. The maximum absolute atomic E-state index is 5.24. The van der Waals surface area contributed by atoms with E-state index in [0.717, 1.165) is 38.8 Å². The van der Waals surface area contributed by atoms with Crippen molar-refractivity contribution in [2.45, 2.75) is 0 Å². The molecule has 0 saturated carbocycles. The number of benzene rings is 6. The first-order valence-electron chi connectivity index (χ1n) is 14.6. The van der Waals surface area contributed by atoms with E-state index in [1.54, 1.807) is 11.3 Å². The van der Waals surface area contributed by atoms with Crippen molar-refractivity contribution in [2.24, 2.45) is 0 Å². The van der Waals surface area contributed by atoms with E-state index in [1.165, 1.54) is 25.6 Å². The Morgan fingerprint density at radius 2 is 0.909 bits per heavy atom. The molecule has 0 unspecified atom stereocenters. The van der Waals surface area contributed by atoms with E-state index in [2.05, 4.69) is 114 Å². The van der Waals surface area contributed by atoms with Gasteiger partial charge >= 0.3 is 0 Å². The molecule has 5 heteroatoms. The Morgan fingerprint density at radius 3 is 1.52 bits per heavy atom. The summed E-state index contributed by atoms with van der Waals surface area (Å²) in [7, 11) is 0. The molecule has 9 aromatic rings. The van der Waals surface area contributed by atoms with E-state index in [9.17, 15) is 0 Å². The highest BCUT2D eigenvalue weighted by atomic mass is 32.1. The van der Waals surface area contributed by atoms with Crippen molar-refractivity contribution in [3.05, 3.63) is 146 Å². The fourth-order valence-corrected chi connectivity index (χ4v) is 7.43. The molecule has 0 atom stereocenters. The van der Waals surface area contributed by atoms with Crippen LogP contribution in [0.5, 0.6) is 0 Å². The normalized spacial score (nSPS) is 11.6. The number of thiophene rings is 1. The number of aromatic nitrogens is 4. The Morgan fingerprint density at radius 1 is 0.409 bits per heavy atom. The van der Waals surface area contributed by atoms with Crippen molar-refractivity contribution < 1.29 is 0 Å². The highest BCUT2D eigenvalue weighted by molar-refractivity contribution is 7.26. The summed E-state index contributed by atoms with van der Waals surface area (Å²) >= 11 is 1.80. The molecule has 3 aromatic heterocycles. The van der Waals surface area contributed by atoms with Gasteiger partial charge in [-0.2, -0.15) is 0 Å². The molecule has 0 spiro atoms. The molecular weight excluding hydrogens is 557 g/mol. The van der Waals surface area contributed by atoms with Crippen LogP contribution >= 0.6 is 11.3 Å². The van der Waals surface area contributed by atoms with Crippen LogP contribution in [0.15, 0.2) is 146 Å². The fraction of sp³-hybridized carbons (Fsp3) is 0. The summed E-state index contributed by atoms with van der Waals surface area (Å²) in [6, 6.07) is 50.7. The average molecular weight is 581 g/mol. The van der Waals surface area contributed by atoms with Gasteiger partial charge < -0.3 is 4.57 Å². The lowest BCUT2D eigenvalue weighted by molar-refractivity contribution is 1.07. The van der Waals surface area contributed by atoms with Gasteiger partial charge in [-0.05, 0) is 30.3 Å². The van der Waals surface area contributed by atoms with E-state index in [0.29, 0.717) is 17.5 Å². The number of hydrogen-bond acceptors (Lipinski definition) is 4. The highest BCUT2D eigenvalue weighted by Crippen LogP contribution is 2.44. The third-order valence-corrected chi connectivity index (χ3v) is 9.40. The Labute approximate surface area is 257 Å². The standard InChI is InChI=1S/C39H24N4S/c1-3-13-25(14-4-1)37-40-38(26-15-5-2-6-16-26)42-39(41-37)36-32(23-24-34-35(36)29-19-9-12-22-33(29)44-34)43-30-20-10-7-17-27(30)28-18-8-11-21-31(28)43/h1-24H. The molecule has 0 fully saturated rings. The van der Waals surface area contributed by atoms with Gasteiger partial charge in [-0.3, -0.25) is 0 Å². The van der Waals surface area contributed by atoms with Crippen molar-refractivity contribution >= 4 is 53.3 Å². The molecule has 44 heavy (non-hydrogen) atoms. The molecule has 0 radical (unpaired) electrons. The van der Waals surface area contributed by atoms with Gasteiger partial charge in [-0.15, -0.1) is 11.3 Å². The summed E-state index contributed by atoms with van der Waals surface area (Å²) in [5, 5.41) is 4.80. The Hall–Kier alpha value is -5.65. The number of nitrogens with zero attached hydrogens (tertiary/aromatic N) is 4. The molecule has 9 rings (SSSR count). The zero-order valence-electron chi connectivity index (χ0n) is 23.6. The average Bonchev–Trinajstić information content (AvgIpc) is 3.64. The third kappa shape index (κ3) is 3.87. The van der Waals surface area contributed by atoms with Gasteiger partial charge in [0.05, 0.1) is 22.3 Å². The topological polar surface area (TPSA) is 43.6 Å². The molecule has 3 heterocycles. The maximum Gasteiger partial charge on any atom is 0.166 e. The Kier molecular flexibility index (Phi) is 5.64. The molecule has 0 amide bonds. The second-order valence-corrected chi connectivity index (χ2v) is 11.9. The summed E-state index contributed by atoms with van der Waals surface area (Å²) in [4.78, 5) is 15.5. The third-order valence-electron chi connectivity index (χ3n) is 8.27. The first kappa shape index (κ1) is 24.9. The Balaban J connectivity index is 1.46. The van der Waals surface area contributed by atoms with Crippen LogP contribution in [0.3, 0.4) is 0 Å². The number of hydrogen-bond donors (Lipinski definition) is 0. The highest BCUT2D eigenvalue weighted by Gasteiger charge is 2.23. The van der Waals surface area contributed by atoms with Crippen LogP contribution in [0.4, 0.5) is 0 Å². The van der Waals surface area contributed by atoms with Crippen molar-refractivity contribution in [2.75, 3.05) is 0 Å². The molecule has 206 valence electrons. The monoisotopic (exact) mass is 580 g/mol. The molecule has 4 nitrogen and oxygen atoms in total. The van der Waals surface area contributed by atoms with Crippen molar-refractivity contribution in [3.8, 4) is 39.9 Å². The van der Waals surface area contributed by atoms with E-state index in [1.807, 2.05) is 36.4 Å². The molecule has 6 aromatic carbocycles. The summed E-state index contributed by atoms with van der Waals surface area (Å²) in [5.41, 5.74) is 6.25. The predicted octanol–water partition coefficient (Wildman–Crippen LogP) is 10.3. The van der Waals surface area contributed by atoms with Gasteiger partial charge in [0.2, 0.25) is 0 Å². The summed E-state index contributed by atoms with van der Waals surface area (Å²) in [6.07, 6.45) is 0. The van der Waals surface area contributed by atoms with Crippen LogP contribution in [-0.4, -0.2) is 19.5 Å². The minimum Gasteiger partial charge on any atom is -0.308 e. The van der Waals surface area contributed by atoms with Crippen LogP contribution in [0.1, 0.15) is 0 Å². The first-order valence-corrected chi connectivity index (χ1v) is 15.5. The van der Waals surface area contributed by atoms with Gasteiger partial charge in [0.1, 0.15) is 0 Å². The van der Waals surface area contributed by atoms with Crippen molar-refractivity contribution in [1.82, 2.24) is 19.5 Å². The lowest BCUT2D eigenvalue weighted by Gasteiger charge is -2.16. The van der Waals surface area contributed by atoms with Gasteiger partial charge in [0.15, 0.2) is 17.5 Å². The molecule has 0 aliphatic carbocycles. The van der Waals surface area contributed by atoms with E-state index < -0.39 is 0 Å². The van der Waals surface area contributed by atoms with Crippen LogP contribution in [0.2, 0.25) is 0 Å². The summed E-state index contributed by atoms with van der Waals surface area (Å²) in [5.74, 6) is 1.96. The molecule has 0 N–H and O–H groups in total. The van der Waals surface area contributed by atoms with E-state index >= 15 is 0 Å². The van der Waals surface area contributed by atoms with E-state index in [-0.39, 0.29) is 0 Å². The SMILES string of the molecule is c1ccc(-c2nc(-c3ccccc3)nc(-c3c(-n4c5ccccc5c5ccccc54)ccc4sc5ccccc5c34)n2)cc1. The lowest BCUT2D eigenvalue weighted by atomic mass is 10.0. The van der Waals surface area contributed by atoms with Gasteiger partial charge in [-0.1, -0.05) is 115 Å². The first-order chi connectivity index (χ1) is 21.8. The minimum absolute atomic E-state index is 0.652. The van der Waals surface area contributed by atoms with Gasteiger partial charge in [0, 0.05) is 42.1 Å². The quantitative estimate of drug-likeness (QED) is 0.208. The van der Waals surface area contributed by atoms with Crippen LogP contribution < -0.4 is 0 Å². The van der Waals surface area contributed by atoms with Crippen molar-refractivity contribution in [1.29, 1.82) is 0 Å². The van der Waals surface area contributed by atoms with Gasteiger partial charge in [-0.25, -0.2) is 15.0 Å². The number of rotatable bonds is 4. The van der Waals surface area contributed by atoms with E-state index in [4.69, 9.17) is 15.0 Å². The smallest absolute Gasteiger partial charge is 0.166 e. The second-order valence-electron chi connectivity index (χ2n) is 10.8. The van der Waals surface area contributed by atoms with Crippen LogP contribution in [0, 0.1) is 0 Å². The summed E-state index contributed by atoms with van der Waals surface area (Å²) < 4.78 is 4.82. The zero-order valence-corrected chi connectivity index (χ0v) is 24.4. The van der Waals surface area contributed by atoms with Crippen molar-refractivity contribution in [3.63, 3.8) is 0 Å². The zero-order chi connectivity index (χ0) is 29.0.